The molecule has 0 saturated carbocycles. The first-order valence-electron chi connectivity index (χ1n) is 13.8. The number of carbonyl (C=O) groups excluding carboxylic acids is 1. The molecule has 0 radical (unpaired) electrons. The Hall–Kier alpha value is 0.453. The van der Waals surface area contributed by atoms with Crippen LogP contribution in [0.2, 0.25) is 0 Å². The van der Waals surface area contributed by atoms with Crippen molar-refractivity contribution in [2.24, 2.45) is 0 Å². The Morgan fingerprint density at radius 1 is 0.526 bits per heavy atom. The van der Waals surface area contributed by atoms with Crippen LogP contribution in [0, 0.1) is 0 Å². The van der Waals surface area contributed by atoms with Gasteiger partial charge in [-0.3, -0.25) is 0 Å². The fourth-order valence-electron chi connectivity index (χ4n) is 3.97. The van der Waals surface area contributed by atoms with E-state index in [1.165, 1.54) is 77.0 Å². The Labute approximate surface area is 312 Å². The third-order valence-corrected chi connectivity index (χ3v) is 6.04. The topological polar surface area (TPSA) is 109 Å². The predicted molar refractivity (Wildman–Crippen MR) is 152 cm³/mol. The minimum Gasteiger partial charge on any atom is -0.872 e. The van der Waals surface area contributed by atoms with Crippen LogP contribution in [0.3, 0.4) is 0 Å². The van der Waals surface area contributed by atoms with Crippen LogP contribution in [-0.2, 0) is 12.8 Å². The van der Waals surface area contributed by atoms with Gasteiger partial charge in [-0.05, 0) is 31.8 Å². The van der Waals surface area contributed by atoms with E-state index in [1.807, 2.05) is 36.4 Å². The summed E-state index contributed by atoms with van der Waals surface area (Å²) in [5, 5.41) is 39.5. The molecule has 5 nitrogen and oxygen atoms in total. The Balaban J connectivity index is -0.000000540. The van der Waals surface area contributed by atoms with Crippen LogP contribution in [0.4, 0.5) is 4.79 Å². The van der Waals surface area contributed by atoms with E-state index in [2.05, 4.69) is 13.8 Å². The van der Waals surface area contributed by atoms with Crippen molar-refractivity contribution >= 4 is 104 Å². The number of aryl methyl sites for hydroxylation is 2. The monoisotopic (exact) mass is 774 g/mol. The Bertz CT molecular complexity index is 723. The van der Waals surface area contributed by atoms with Gasteiger partial charge in [-0.2, -0.15) is 0 Å². The average Bonchev–Trinajstić information content (AvgIpc) is 2.85. The van der Waals surface area contributed by atoms with Crippen molar-refractivity contribution in [2.45, 2.75) is 117 Å². The van der Waals surface area contributed by atoms with Crippen LogP contribution in [0.1, 0.15) is 115 Å². The van der Waals surface area contributed by atoms with E-state index in [1.54, 1.807) is 12.1 Å². The molecule has 0 saturated heterocycles. The summed E-state index contributed by atoms with van der Waals surface area (Å²) in [7, 11) is 0. The molecule has 7 heteroatoms. The van der Waals surface area contributed by atoms with Gasteiger partial charge >= 0.3 is 97.8 Å². The maximum absolute atomic E-state index is 11.4. The van der Waals surface area contributed by atoms with Crippen molar-refractivity contribution in [1.29, 1.82) is 0 Å². The van der Waals surface area contributed by atoms with E-state index in [4.69, 9.17) is 15.0 Å². The number of carbonyl (C=O) groups is 1. The Morgan fingerprint density at radius 2 is 0.789 bits per heavy atom. The van der Waals surface area contributed by atoms with E-state index in [-0.39, 0.29) is 109 Å². The van der Waals surface area contributed by atoms with Gasteiger partial charge in [-0.15, -0.1) is 11.5 Å². The van der Waals surface area contributed by atoms with E-state index in [0.29, 0.717) is 0 Å². The van der Waals surface area contributed by atoms with Crippen molar-refractivity contribution < 1.29 is 25.2 Å². The van der Waals surface area contributed by atoms with Crippen molar-refractivity contribution in [3.05, 3.63) is 59.7 Å². The van der Waals surface area contributed by atoms with Crippen LogP contribution < -0.4 is 20.4 Å². The summed E-state index contributed by atoms with van der Waals surface area (Å²) in [6.07, 6.45) is 17.8. The molecule has 0 aliphatic carbocycles. The smallest absolute Gasteiger partial charge is 0.872 e. The van der Waals surface area contributed by atoms with Crippen LogP contribution in [0.5, 0.6) is 11.5 Å². The van der Waals surface area contributed by atoms with Crippen LogP contribution in [0.15, 0.2) is 48.5 Å². The number of para-hydroxylation sites is 2. The van der Waals surface area contributed by atoms with Gasteiger partial charge in [0.2, 0.25) is 0 Å². The van der Waals surface area contributed by atoms with Gasteiger partial charge < -0.3 is 25.2 Å². The summed E-state index contributed by atoms with van der Waals surface area (Å²) in [6, 6.07) is 14.8. The molecule has 2 aromatic rings. The molecule has 0 unspecified atom stereocenters. The summed E-state index contributed by atoms with van der Waals surface area (Å²) >= 11 is 0. The SMILES string of the molecule is CCCCCCCCCc1ccccc1[O-].CCCCCCCCCc1ccccc1[O-].O=C([O-])[O-].[Ba+2].[Ba+2]. The molecule has 2 rings (SSSR count). The van der Waals surface area contributed by atoms with Crippen molar-refractivity contribution in [1.82, 2.24) is 0 Å². The molecule has 0 aliphatic heterocycles. The normalized spacial score (nSPS) is 9.53. The minimum atomic E-state index is -2.33. The van der Waals surface area contributed by atoms with E-state index < -0.39 is 6.16 Å². The van der Waals surface area contributed by atoms with E-state index in [9.17, 15) is 10.2 Å². The summed E-state index contributed by atoms with van der Waals surface area (Å²) in [5.41, 5.74) is 1.96. The first kappa shape index (κ1) is 42.9. The van der Waals surface area contributed by atoms with Gasteiger partial charge in [-0.1, -0.05) is 151 Å². The maximum atomic E-state index is 11.4. The summed E-state index contributed by atoms with van der Waals surface area (Å²) in [6.45, 7) is 4.48. The van der Waals surface area contributed by atoms with Gasteiger partial charge in [0.05, 0.1) is 0 Å². The van der Waals surface area contributed by atoms with Gasteiger partial charge in [0, 0.05) is 0 Å². The molecule has 2 aromatic carbocycles. The molecule has 0 N–H and O–H groups in total. The second-order valence-corrected chi connectivity index (χ2v) is 9.21. The molecule has 0 atom stereocenters. The predicted octanol–water partition coefficient (Wildman–Crippen LogP) is 4.90. The van der Waals surface area contributed by atoms with Gasteiger partial charge in [0.15, 0.2) is 0 Å². The summed E-state index contributed by atoms with van der Waals surface area (Å²) < 4.78 is 0. The molecule has 0 amide bonds. The molecule has 0 spiro atoms. The number of hydrogen-bond donors (Lipinski definition) is 0. The third kappa shape index (κ3) is 28.0. The third-order valence-electron chi connectivity index (χ3n) is 6.04. The number of benzene rings is 2. The quantitative estimate of drug-likeness (QED) is 0.178. The van der Waals surface area contributed by atoms with Crippen molar-refractivity contribution in [3.63, 3.8) is 0 Å². The molecular weight excluding hydrogens is 727 g/mol. The van der Waals surface area contributed by atoms with Gasteiger partial charge in [0.25, 0.3) is 0 Å². The molecule has 38 heavy (non-hydrogen) atoms. The first-order chi connectivity index (χ1) is 17.4. The minimum absolute atomic E-state index is 0. The van der Waals surface area contributed by atoms with Crippen LogP contribution in [-0.4, -0.2) is 104 Å². The van der Waals surface area contributed by atoms with Crippen molar-refractivity contribution in [2.75, 3.05) is 0 Å². The first-order valence-corrected chi connectivity index (χ1v) is 13.8. The largest absolute Gasteiger partial charge is 2.00 e. The summed E-state index contributed by atoms with van der Waals surface area (Å²) in [4.78, 5) is 8.33. The van der Waals surface area contributed by atoms with Crippen molar-refractivity contribution in [3.8, 4) is 11.5 Å². The number of hydrogen-bond acceptors (Lipinski definition) is 5. The zero-order chi connectivity index (χ0) is 26.9. The molecule has 0 aliphatic rings. The van der Waals surface area contributed by atoms with Crippen LogP contribution >= 0.6 is 0 Å². The number of carboxylic acid groups (broad SMARTS) is 2. The molecule has 204 valence electrons. The van der Waals surface area contributed by atoms with Gasteiger partial charge in [0.1, 0.15) is 0 Å². The van der Waals surface area contributed by atoms with E-state index in [0.717, 1.165) is 36.8 Å². The Morgan fingerprint density at radius 3 is 1.08 bits per heavy atom. The fraction of sp³-hybridized carbons (Fsp3) is 0.581. The van der Waals surface area contributed by atoms with E-state index >= 15 is 0 Å². The number of unbranched alkanes of at least 4 members (excludes halogenated alkanes) is 12. The molecular formula is C31H46Ba2O5. The Kier molecular flexibility index (Phi) is 36.1. The molecule has 0 fully saturated rings. The summed E-state index contributed by atoms with van der Waals surface area (Å²) in [5.74, 6) is 0.405. The molecule has 0 heterocycles. The standard InChI is InChI=1S/2C15H24O.CH2O3.2Ba/c2*1-2-3-4-5-6-7-8-11-14-12-9-10-13-15(14)16;2-1(3)4;;/h2*9-10,12-13,16H,2-8,11H2,1H3;(H2,2,3,4);;/q;;;2*+2/p-4. The second kappa shape index (κ2) is 32.0. The zero-order valence-corrected chi connectivity index (χ0v) is 32.8. The van der Waals surface area contributed by atoms with Crippen LogP contribution in [0.25, 0.3) is 0 Å². The maximum Gasteiger partial charge on any atom is 2.00 e. The number of rotatable bonds is 16. The molecule has 0 aromatic heterocycles. The second-order valence-electron chi connectivity index (χ2n) is 9.21. The molecule has 0 bridgehead atoms. The van der Waals surface area contributed by atoms with Gasteiger partial charge in [-0.25, -0.2) is 0 Å². The fourth-order valence-corrected chi connectivity index (χ4v) is 3.97. The average molecular weight is 773 g/mol. The zero-order valence-electron chi connectivity index (χ0n) is 23.9.